The van der Waals surface area contributed by atoms with E-state index < -0.39 is 10.6 Å². The summed E-state index contributed by atoms with van der Waals surface area (Å²) in [6.45, 7) is 0.267. The molecule has 25 heavy (non-hydrogen) atoms. The van der Waals surface area contributed by atoms with Gasteiger partial charge < -0.3 is 9.47 Å². The minimum absolute atomic E-state index is 0.00816. The van der Waals surface area contributed by atoms with Crippen LogP contribution in [-0.2, 0) is 17.9 Å². The van der Waals surface area contributed by atoms with Crippen molar-refractivity contribution in [2.24, 2.45) is 0 Å². The molecule has 0 radical (unpaired) electrons. The monoisotopic (exact) mass is 361 g/mol. The molecule has 128 valence electrons. The van der Waals surface area contributed by atoms with Gasteiger partial charge in [0.2, 0.25) is 0 Å². The van der Waals surface area contributed by atoms with Gasteiger partial charge in [-0.2, -0.15) is 9.36 Å². The first-order valence-electron chi connectivity index (χ1n) is 7.21. The van der Waals surface area contributed by atoms with Crippen molar-refractivity contribution in [2.75, 3.05) is 6.79 Å². The molecule has 0 amide bonds. The molecule has 4 rings (SSSR count). The third-order valence-corrected chi connectivity index (χ3v) is 4.50. The van der Waals surface area contributed by atoms with Crippen molar-refractivity contribution in [3.8, 4) is 10.8 Å². The lowest BCUT2D eigenvalue weighted by molar-refractivity contribution is -0.385. The van der Waals surface area contributed by atoms with E-state index in [9.17, 15) is 14.9 Å². The SMILES string of the molecule is O=c1n(Cc2cc([N+](=O)[O-])cc3c2OCOC3)nnn1-c1cccs1. The van der Waals surface area contributed by atoms with E-state index in [4.69, 9.17) is 9.47 Å². The minimum Gasteiger partial charge on any atom is -0.467 e. The lowest BCUT2D eigenvalue weighted by Gasteiger charge is -2.20. The summed E-state index contributed by atoms with van der Waals surface area (Å²) in [5, 5.41) is 21.3. The molecule has 10 nitrogen and oxygen atoms in total. The zero-order valence-electron chi connectivity index (χ0n) is 12.7. The van der Waals surface area contributed by atoms with E-state index in [1.807, 2.05) is 5.38 Å². The highest BCUT2D eigenvalue weighted by Gasteiger charge is 2.22. The fourth-order valence-corrected chi connectivity index (χ4v) is 3.24. The van der Waals surface area contributed by atoms with Gasteiger partial charge in [-0.3, -0.25) is 10.1 Å². The number of tetrazole rings is 1. The van der Waals surface area contributed by atoms with Crippen molar-refractivity contribution in [2.45, 2.75) is 13.2 Å². The summed E-state index contributed by atoms with van der Waals surface area (Å²) in [7, 11) is 0. The average molecular weight is 361 g/mol. The Bertz CT molecular complexity index is 994. The number of aromatic nitrogens is 4. The maximum atomic E-state index is 12.5. The van der Waals surface area contributed by atoms with E-state index in [1.54, 1.807) is 12.1 Å². The molecule has 3 aromatic rings. The van der Waals surface area contributed by atoms with Gasteiger partial charge in [0.15, 0.2) is 6.79 Å². The number of benzene rings is 1. The Labute approximate surface area is 144 Å². The minimum atomic E-state index is -0.496. The Hall–Kier alpha value is -3.05. The molecule has 1 aromatic carbocycles. The molecule has 0 N–H and O–H groups in total. The zero-order chi connectivity index (χ0) is 17.4. The summed E-state index contributed by atoms with van der Waals surface area (Å²) in [4.78, 5) is 23.1. The molecule has 0 saturated carbocycles. The van der Waals surface area contributed by atoms with Crippen LogP contribution in [0.25, 0.3) is 5.00 Å². The summed E-state index contributed by atoms with van der Waals surface area (Å²) < 4.78 is 13.0. The van der Waals surface area contributed by atoms with Crippen LogP contribution in [0.1, 0.15) is 11.1 Å². The Morgan fingerprint density at radius 3 is 3.00 bits per heavy atom. The molecule has 0 saturated heterocycles. The van der Waals surface area contributed by atoms with Gasteiger partial charge in [-0.25, -0.2) is 4.79 Å². The van der Waals surface area contributed by atoms with Crippen LogP contribution in [0.15, 0.2) is 34.4 Å². The molecule has 1 aliphatic heterocycles. The molecule has 0 fully saturated rings. The molecule has 0 unspecified atom stereocenters. The van der Waals surface area contributed by atoms with Crippen molar-refractivity contribution >= 4 is 17.0 Å². The van der Waals surface area contributed by atoms with Crippen LogP contribution in [0.4, 0.5) is 5.69 Å². The van der Waals surface area contributed by atoms with Crippen LogP contribution >= 0.6 is 11.3 Å². The number of ether oxygens (including phenoxy) is 2. The quantitative estimate of drug-likeness (QED) is 0.508. The van der Waals surface area contributed by atoms with E-state index in [0.717, 1.165) is 4.68 Å². The maximum absolute atomic E-state index is 12.5. The van der Waals surface area contributed by atoms with Gasteiger partial charge in [0.05, 0.1) is 18.1 Å². The second-order valence-corrected chi connectivity index (χ2v) is 6.17. The largest absolute Gasteiger partial charge is 0.467 e. The van der Waals surface area contributed by atoms with E-state index in [2.05, 4.69) is 10.4 Å². The number of nitrogens with zero attached hydrogens (tertiary/aromatic N) is 5. The van der Waals surface area contributed by atoms with Crippen LogP contribution in [-0.4, -0.2) is 31.5 Å². The van der Waals surface area contributed by atoms with Crippen molar-refractivity contribution in [3.05, 3.63) is 61.4 Å². The average Bonchev–Trinajstić information content (AvgIpc) is 3.25. The van der Waals surface area contributed by atoms with Crippen molar-refractivity contribution in [3.63, 3.8) is 0 Å². The molecular weight excluding hydrogens is 350 g/mol. The Balaban J connectivity index is 1.75. The highest BCUT2D eigenvalue weighted by molar-refractivity contribution is 7.12. The van der Waals surface area contributed by atoms with Crippen LogP contribution in [0, 0.1) is 10.1 Å². The first-order chi connectivity index (χ1) is 12.1. The maximum Gasteiger partial charge on any atom is 0.369 e. The standard InChI is InChI=1S/C14H11N5O5S/c20-14-17(15-16-18(14)12-2-1-3-25-12)6-9-4-11(19(21)22)5-10-7-23-8-24-13(9)10/h1-5H,6-8H2. The summed E-state index contributed by atoms with van der Waals surface area (Å²) >= 11 is 1.36. The van der Waals surface area contributed by atoms with Gasteiger partial charge in [0.1, 0.15) is 10.8 Å². The van der Waals surface area contributed by atoms with E-state index >= 15 is 0 Å². The normalized spacial score (nSPS) is 13.3. The van der Waals surface area contributed by atoms with Gasteiger partial charge in [0.25, 0.3) is 5.69 Å². The van der Waals surface area contributed by atoms with E-state index in [1.165, 1.54) is 28.2 Å². The number of nitro benzene ring substituents is 1. The van der Waals surface area contributed by atoms with Crippen LogP contribution in [0.2, 0.25) is 0 Å². The molecule has 0 atom stereocenters. The molecular formula is C14H11N5O5S. The van der Waals surface area contributed by atoms with E-state index in [0.29, 0.717) is 21.9 Å². The van der Waals surface area contributed by atoms with Gasteiger partial charge in [0, 0.05) is 23.3 Å². The van der Waals surface area contributed by atoms with E-state index in [-0.39, 0.29) is 25.6 Å². The predicted molar refractivity (Wildman–Crippen MR) is 86.0 cm³/mol. The van der Waals surface area contributed by atoms with Crippen LogP contribution in [0.5, 0.6) is 5.75 Å². The van der Waals surface area contributed by atoms with Gasteiger partial charge >= 0.3 is 5.69 Å². The molecule has 11 heteroatoms. The zero-order valence-corrected chi connectivity index (χ0v) is 13.5. The van der Waals surface area contributed by atoms with Crippen molar-refractivity contribution in [1.82, 2.24) is 19.8 Å². The number of hydrogen-bond acceptors (Lipinski definition) is 8. The number of nitro groups is 1. The first kappa shape index (κ1) is 15.5. The third-order valence-electron chi connectivity index (χ3n) is 3.66. The lowest BCUT2D eigenvalue weighted by Crippen LogP contribution is -2.25. The predicted octanol–water partition coefficient (Wildman–Crippen LogP) is 1.31. The topological polar surface area (TPSA) is 114 Å². The molecule has 3 heterocycles. The summed E-state index contributed by atoms with van der Waals surface area (Å²) in [5.41, 5.74) is 0.512. The summed E-state index contributed by atoms with van der Waals surface area (Å²) in [6.07, 6.45) is 0. The van der Waals surface area contributed by atoms with Crippen molar-refractivity contribution in [1.29, 1.82) is 0 Å². The van der Waals surface area contributed by atoms with Gasteiger partial charge in [-0.15, -0.1) is 11.3 Å². The fourth-order valence-electron chi connectivity index (χ4n) is 2.57. The summed E-state index contributed by atoms with van der Waals surface area (Å²) in [5.74, 6) is 0.481. The highest BCUT2D eigenvalue weighted by atomic mass is 32.1. The number of hydrogen-bond donors (Lipinski definition) is 0. The number of fused-ring (bicyclic) bond motifs is 1. The fraction of sp³-hybridized carbons (Fsp3) is 0.214. The molecule has 0 aliphatic carbocycles. The number of thiophene rings is 1. The molecule has 0 bridgehead atoms. The molecule has 1 aliphatic rings. The van der Waals surface area contributed by atoms with Gasteiger partial charge in [-0.05, 0) is 27.9 Å². The number of rotatable bonds is 4. The second-order valence-electron chi connectivity index (χ2n) is 5.24. The second kappa shape index (κ2) is 6.11. The first-order valence-corrected chi connectivity index (χ1v) is 8.09. The van der Waals surface area contributed by atoms with Crippen LogP contribution in [0.3, 0.4) is 0 Å². The smallest absolute Gasteiger partial charge is 0.369 e. The van der Waals surface area contributed by atoms with Crippen LogP contribution < -0.4 is 10.4 Å². The Morgan fingerprint density at radius 1 is 1.36 bits per heavy atom. The molecule has 2 aromatic heterocycles. The Morgan fingerprint density at radius 2 is 2.24 bits per heavy atom. The lowest BCUT2D eigenvalue weighted by atomic mass is 10.1. The molecule has 0 spiro atoms. The van der Waals surface area contributed by atoms with Crippen molar-refractivity contribution < 1.29 is 14.4 Å². The highest BCUT2D eigenvalue weighted by Crippen LogP contribution is 2.32. The van der Waals surface area contributed by atoms with Gasteiger partial charge in [-0.1, -0.05) is 0 Å². The summed E-state index contributed by atoms with van der Waals surface area (Å²) in [6, 6.07) is 6.33. The number of non-ortho nitro benzene ring substituents is 1. The Kier molecular flexibility index (Phi) is 3.78. The third kappa shape index (κ3) is 2.79.